The summed E-state index contributed by atoms with van der Waals surface area (Å²) in [5.74, 6) is -0.164. The Hall–Kier alpha value is -2.11. The van der Waals surface area contributed by atoms with E-state index in [4.69, 9.17) is 0 Å². The summed E-state index contributed by atoms with van der Waals surface area (Å²) in [6.45, 7) is 1.11. The lowest BCUT2D eigenvalue weighted by molar-refractivity contribution is -0.140. The Labute approximate surface area is 125 Å². The van der Waals surface area contributed by atoms with Gasteiger partial charge in [-0.3, -0.25) is 9.78 Å². The lowest BCUT2D eigenvalue weighted by Crippen LogP contribution is -2.35. The van der Waals surface area contributed by atoms with Crippen LogP contribution in [0.2, 0.25) is 0 Å². The summed E-state index contributed by atoms with van der Waals surface area (Å²) < 4.78 is 4.56. The number of hydrogen-bond acceptors (Lipinski definition) is 4. The molecule has 0 fully saturated rings. The second-order valence-corrected chi connectivity index (χ2v) is 4.71. The Kier molecular flexibility index (Phi) is 8.59. The number of unbranched alkanes of at least 4 members (excludes halogenated alkanes) is 3. The van der Waals surface area contributed by atoms with Gasteiger partial charge in [-0.05, 0) is 24.5 Å². The molecule has 116 valence electrons. The van der Waals surface area contributed by atoms with E-state index in [2.05, 4.69) is 20.4 Å². The molecule has 0 aliphatic heterocycles. The van der Waals surface area contributed by atoms with Crippen LogP contribution in [0.3, 0.4) is 0 Å². The van der Waals surface area contributed by atoms with Gasteiger partial charge in [0.05, 0.1) is 7.11 Å². The molecule has 0 saturated heterocycles. The molecule has 0 bridgehead atoms. The van der Waals surface area contributed by atoms with Crippen LogP contribution in [0.5, 0.6) is 0 Å². The third kappa shape index (κ3) is 8.62. The minimum atomic E-state index is -0.173. The number of carbonyl (C=O) groups excluding carboxylic acids is 2. The van der Waals surface area contributed by atoms with Gasteiger partial charge in [0.25, 0.3) is 0 Å². The highest BCUT2D eigenvalue weighted by Crippen LogP contribution is 2.03. The first-order valence-corrected chi connectivity index (χ1v) is 7.20. The molecule has 0 radical (unpaired) electrons. The number of esters is 1. The highest BCUT2D eigenvalue weighted by molar-refractivity contribution is 5.73. The van der Waals surface area contributed by atoms with Crippen molar-refractivity contribution in [2.45, 2.75) is 38.6 Å². The predicted molar refractivity (Wildman–Crippen MR) is 79.6 cm³/mol. The normalized spacial score (nSPS) is 9.95. The van der Waals surface area contributed by atoms with Crippen LogP contribution < -0.4 is 10.6 Å². The van der Waals surface area contributed by atoms with Gasteiger partial charge in [-0.1, -0.05) is 18.9 Å². The topological polar surface area (TPSA) is 80.3 Å². The first-order chi connectivity index (χ1) is 10.2. The number of aromatic nitrogens is 1. The molecular formula is C15H23N3O3. The third-order valence-corrected chi connectivity index (χ3v) is 3.00. The van der Waals surface area contributed by atoms with Crippen LogP contribution in [0.25, 0.3) is 0 Å². The van der Waals surface area contributed by atoms with Gasteiger partial charge in [-0.2, -0.15) is 0 Å². The van der Waals surface area contributed by atoms with Crippen LogP contribution in [0.4, 0.5) is 4.79 Å². The fourth-order valence-corrected chi connectivity index (χ4v) is 1.80. The van der Waals surface area contributed by atoms with Crippen molar-refractivity contribution in [3.05, 3.63) is 30.1 Å². The molecule has 0 aliphatic carbocycles. The Bertz CT molecular complexity index is 423. The Morgan fingerprint density at radius 1 is 1.19 bits per heavy atom. The molecule has 0 atom stereocenters. The van der Waals surface area contributed by atoms with E-state index >= 15 is 0 Å². The summed E-state index contributed by atoms with van der Waals surface area (Å²) in [5.41, 5.74) is 0.968. The Morgan fingerprint density at radius 3 is 2.71 bits per heavy atom. The van der Waals surface area contributed by atoms with Crippen molar-refractivity contribution in [1.29, 1.82) is 0 Å². The standard InChI is InChI=1S/C15H23N3O3/c1-21-14(19)8-4-2-3-5-10-17-15(20)18-12-13-7-6-9-16-11-13/h6-7,9,11H,2-5,8,10,12H2,1H3,(H2,17,18,20). The van der Waals surface area contributed by atoms with Gasteiger partial charge in [0, 0.05) is 31.9 Å². The zero-order valence-electron chi connectivity index (χ0n) is 12.4. The summed E-state index contributed by atoms with van der Waals surface area (Å²) >= 11 is 0. The number of nitrogens with zero attached hydrogens (tertiary/aromatic N) is 1. The molecule has 1 aromatic heterocycles. The summed E-state index contributed by atoms with van der Waals surface area (Å²) in [5, 5.41) is 5.57. The fraction of sp³-hybridized carbons (Fsp3) is 0.533. The van der Waals surface area contributed by atoms with Gasteiger partial charge in [0.1, 0.15) is 0 Å². The number of nitrogens with one attached hydrogen (secondary N) is 2. The van der Waals surface area contributed by atoms with E-state index in [0.717, 1.165) is 31.2 Å². The van der Waals surface area contributed by atoms with E-state index in [0.29, 0.717) is 19.5 Å². The van der Waals surface area contributed by atoms with Crippen LogP contribution in [0.15, 0.2) is 24.5 Å². The van der Waals surface area contributed by atoms with Crippen molar-refractivity contribution in [3.63, 3.8) is 0 Å². The quantitative estimate of drug-likeness (QED) is 0.539. The van der Waals surface area contributed by atoms with Gasteiger partial charge in [0.2, 0.25) is 0 Å². The first-order valence-electron chi connectivity index (χ1n) is 7.20. The molecule has 6 nitrogen and oxygen atoms in total. The molecule has 6 heteroatoms. The fourth-order valence-electron chi connectivity index (χ4n) is 1.80. The monoisotopic (exact) mass is 293 g/mol. The maximum absolute atomic E-state index is 11.5. The molecular weight excluding hydrogens is 270 g/mol. The zero-order valence-corrected chi connectivity index (χ0v) is 12.4. The minimum absolute atomic E-state index is 0.164. The van der Waals surface area contributed by atoms with E-state index in [-0.39, 0.29) is 12.0 Å². The molecule has 0 spiro atoms. The van der Waals surface area contributed by atoms with Crippen molar-refractivity contribution >= 4 is 12.0 Å². The summed E-state index contributed by atoms with van der Waals surface area (Å²) in [6.07, 6.45) is 7.58. The van der Waals surface area contributed by atoms with Crippen molar-refractivity contribution in [2.75, 3.05) is 13.7 Å². The molecule has 0 aliphatic rings. The predicted octanol–water partition coefficient (Wildman–Crippen LogP) is 2.00. The number of urea groups is 1. The van der Waals surface area contributed by atoms with Crippen LogP contribution in [-0.4, -0.2) is 30.6 Å². The van der Waals surface area contributed by atoms with Crippen molar-refractivity contribution in [2.24, 2.45) is 0 Å². The highest BCUT2D eigenvalue weighted by atomic mass is 16.5. The van der Waals surface area contributed by atoms with Crippen molar-refractivity contribution in [3.8, 4) is 0 Å². The summed E-state index contributed by atoms with van der Waals surface area (Å²) in [6, 6.07) is 3.58. The van der Waals surface area contributed by atoms with E-state index in [1.165, 1.54) is 7.11 Å². The van der Waals surface area contributed by atoms with E-state index in [1.54, 1.807) is 12.4 Å². The number of amides is 2. The first kappa shape index (κ1) is 16.9. The van der Waals surface area contributed by atoms with Gasteiger partial charge in [-0.25, -0.2) is 4.79 Å². The molecule has 2 N–H and O–H groups in total. The molecule has 1 heterocycles. The SMILES string of the molecule is COC(=O)CCCCCCNC(=O)NCc1cccnc1. The van der Waals surface area contributed by atoms with E-state index < -0.39 is 0 Å². The highest BCUT2D eigenvalue weighted by Gasteiger charge is 2.01. The lowest BCUT2D eigenvalue weighted by Gasteiger charge is -2.07. The Morgan fingerprint density at radius 2 is 2.00 bits per heavy atom. The number of methoxy groups -OCH3 is 1. The van der Waals surface area contributed by atoms with Crippen LogP contribution in [0, 0.1) is 0 Å². The third-order valence-electron chi connectivity index (χ3n) is 3.00. The second kappa shape index (κ2) is 10.7. The zero-order chi connectivity index (χ0) is 15.3. The molecule has 2 amide bonds. The number of pyridine rings is 1. The van der Waals surface area contributed by atoms with Gasteiger partial charge >= 0.3 is 12.0 Å². The number of ether oxygens (including phenoxy) is 1. The molecule has 0 unspecified atom stereocenters. The maximum Gasteiger partial charge on any atom is 0.315 e. The van der Waals surface area contributed by atoms with Crippen LogP contribution in [0.1, 0.15) is 37.7 Å². The van der Waals surface area contributed by atoms with Gasteiger partial charge in [-0.15, -0.1) is 0 Å². The van der Waals surface area contributed by atoms with E-state index in [9.17, 15) is 9.59 Å². The Balaban J connectivity index is 1.95. The summed E-state index contributed by atoms with van der Waals surface area (Å²) in [7, 11) is 1.40. The van der Waals surface area contributed by atoms with Crippen molar-refractivity contribution < 1.29 is 14.3 Å². The van der Waals surface area contributed by atoms with Gasteiger partial charge < -0.3 is 15.4 Å². The van der Waals surface area contributed by atoms with Crippen LogP contribution in [-0.2, 0) is 16.1 Å². The molecule has 0 aromatic carbocycles. The summed E-state index contributed by atoms with van der Waals surface area (Å²) in [4.78, 5) is 26.4. The largest absolute Gasteiger partial charge is 0.469 e. The molecule has 21 heavy (non-hydrogen) atoms. The molecule has 1 rings (SSSR count). The van der Waals surface area contributed by atoms with Crippen LogP contribution >= 0.6 is 0 Å². The average molecular weight is 293 g/mol. The smallest absolute Gasteiger partial charge is 0.315 e. The number of hydrogen-bond donors (Lipinski definition) is 2. The molecule has 0 saturated carbocycles. The van der Waals surface area contributed by atoms with Gasteiger partial charge in [0.15, 0.2) is 0 Å². The number of carbonyl (C=O) groups is 2. The van der Waals surface area contributed by atoms with E-state index in [1.807, 2.05) is 12.1 Å². The minimum Gasteiger partial charge on any atom is -0.469 e. The maximum atomic E-state index is 11.5. The second-order valence-electron chi connectivity index (χ2n) is 4.71. The average Bonchev–Trinajstić information content (AvgIpc) is 2.52. The van der Waals surface area contributed by atoms with Crippen molar-refractivity contribution in [1.82, 2.24) is 15.6 Å². The molecule has 1 aromatic rings. The number of rotatable bonds is 9. The lowest BCUT2D eigenvalue weighted by atomic mass is 10.1.